The Morgan fingerprint density at radius 2 is 2.21 bits per heavy atom. The zero-order valence-corrected chi connectivity index (χ0v) is 11.7. The fourth-order valence-corrected chi connectivity index (χ4v) is 2.19. The van der Waals surface area contributed by atoms with E-state index in [0.717, 1.165) is 23.9 Å². The van der Waals surface area contributed by atoms with Crippen molar-refractivity contribution in [1.29, 1.82) is 0 Å². The number of ether oxygens (including phenoxy) is 1. The van der Waals surface area contributed by atoms with Gasteiger partial charge in [0.1, 0.15) is 0 Å². The molecule has 0 atom stereocenters. The second-order valence-electron chi connectivity index (χ2n) is 4.30. The third-order valence-electron chi connectivity index (χ3n) is 3.09. The molecule has 4 nitrogen and oxygen atoms in total. The molecule has 0 radical (unpaired) electrons. The maximum Gasteiger partial charge on any atom is 0.340 e. The second-order valence-corrected chi connectivity index (χ2v) is 4.30. The van der Waals surface area contributed by atoms with Crippen molar-refractivity contribution in [3.8, 4) is 0 Å². The van der Waals surface area contributed by atoms with Crippen LogP contribution in [0, 0.1) is 0 Å². The Bertz CT molecular complexity index is 571. The van der Waals surface area contributed by atoms with Crippen LogP contribution in [0.25, 0.3) is 5.52 Å². The monoisotopic (exact) mass is 260 g/mol. The predicted molar refractivity (Wildman–Crippen MR) is 74.5 cm³/mol. The molecular formula is C15H20N2O2. The van der Waals surface area contributed by atoms with Gasteiger partial charge in [-0.15, -0.1) is 0 Å². The molecule has 0 saturated heterocycles. The van der Waals surface area contributed by atoms with Crippen molar-refractivity contribution >= 4 is 11.5 Å². The number of nitrogens with zero attached hydrogens (tertiary/aromatic N) is 2. The molecule has 102 valence electrons. The van der Waals surface area contributed by atoms with Crippen LogP contribution < -0.4 is 0 Å². The van der Waals surface area contributed by atoms with Crippen LogP contribution in [0.15, 0.2) is 24.5 Å². The molecule has 0 spiro atoms. The SMILES string of the molecule is CC.CCOC(=O)c1cnn2cccc2c1C1CC1. The van der Waals surface area contributed by atoms with Gasteiger partial charge >= 0.3 is 5.97 Å². The predicted octanol–water partition coefficient (Wildman–Crippen LogP) is 3.41. The Labute approximate surface area is 113 Å². The molecule has 0 aliphatic heterocycles. The van der Waals surface area contributed by atoms with Gasteiger partial charge in [-0.1, -0.05) is 13.8 Å². The smallest absolute Gasteiger partial charge is 0.340 e. The number of carbonyl (C=O) groups excluding carboxylic acids is 1. The fourth-order valence-electron chi connectivity index (χ4n) is 2.19. The fraction of sp³-hybridized carbons (Fsp3) is 0.467. The number of esters is 1. The molecule has 2 aromatic rings. The van der Waals surface area contributed by atoms with Crippen LogP contribution in [0.1, 0.15) is 55.5 Å². The summed E-state index contributed by atoms with van der Waals surface area (Å²) in [7, 11) is 0. The zero-order valence-electron chi connectivity index (χ0n) is 11.7. The van der Waals surface area contributed by atoms with E-state index in [0.29, 0.717) is 18.1 Å². The maximum absolute atomic E-state index is 11.9. The first kappa shape index (κ1) is 13.6. The summed E-state index contributed by atoms with van der Waals surface area (Å²) in [6.45, 7) is 6.22. The molecule has 0 unspecified atom stereocenters. The van der Waals surface area contributed by atoms with Gasteiger partial charge in [-0.2, -0.15) is 5.10 Å². The van der Waals surface area contributed by atoms with E-state index >= 15 is 0 Å². The summed E-state index contributed by atoms with van der Waals surface area (Å²) < 4.78 is 6.90. The molecule has 0 N–H and O–H groups in total. The van der Waals surface area contributed by atoms with Crippen molar-refractivity contribution < 1.29 is 9.53 Å². The molecule has 1 saturated carbocycles. The van der Waals surface area contributed by atoms with E-state index in [9.17, 15) is 4.79 Å². The number of rotatable bonds is 3. The summed E-state index contributed by atoms with van der Waals surface area (Å²) in [5, 5.41) is 4.23. The quantitative estimate of drug-likeness (QED) is 0.794. The summed E-state index contributed by atoms with van der Waals surface area (Å²) in [4.78, 5) is 11.9. The van der Waals surface area contributed by atoms with E-state index in [-0.39, 0.29) is 5.97 Å². The van der Waals surface area contributed by atoms with Crippen LogP contribution in [0.2, 0.25) is 0 Å². The van der Waals surface area contributed by atoms with Crippen molar-refractivity contribution in [2.75, 3.05) is 6.61 Å². The molecule has 2 heterocycles. The molecule has 4 heteroatoms. The van der Waals surface area contributed by atoms with Crippen LogP contribution >= 0.6 is 0 Å². The van der Waals surface area contributed by atoms with Crippen LogP contribution in [-0.4, -0.2) is 22.2 Å². The molecule has 0 amide bonds. The number of aromatic nitrogens is 2. The molecule has 1 fully saturated rings. The van der Waals surface area contributed by atoms with E-state index in [1.807, 2.05) is 43.6 Å². The summed E-state index contributed by atoms with van der Waals surface area (Å²) in [6.07, 6.45) is 5.82. The van der Waals surface area contributed by atoms with Gasteiger partial charge in [-0.05, 0) is 43.4 Å². The number of hydrogen-bond acceptors (Lipinski definition) is 3. The van der Waals surface area contributed by atoms with Crippen LogP contribution in [0.4, 0.5) is 0 Å². The average molecular weight is 260 g/mol. The highest BCUT2D eigenvalue weighted by Crippen LogP contribution is 2.43. The van der Waals surface area contributed by atoms with E-state index in [4.69, 9.17) is 4.74 Å². The first-order chi connectivity index (χ1) is 9.31. The minimum Gasteiger partial charge on any atom is -0.462 e. The van der Waals surface area contributed by atoms with E-state index in [1.165, 1.54) is 0 Å². The highest BCUT2D eigenvalue weighted by Gasteiger charge is 2.31. The van der Waals surface area contributed by atoms with Crippen LogP contribution in [0.3, 0.4) is 0 Å². The molecule has 3 rings (SSSR count). The van der Waals surface area contributed by atoms with Crippen molar-refractivity contribution in [3.63, 3.8) is 0 Å². The Hall–Kier alpha value is -1.84. The van der Waals surface area contributed by atoms with Gasteiger partial charge in [0.25, 0.3) is 0 Å². The van der Waals surface area contributed by atoms with Crippen LogP contribution in [-0.2, 0) is 4.74 Å². The number of fused-ring (bicyclic) bond motifs is 1. The van der Waals surface area contributed by atoms with Gasteiger partial charge in [0.15, 0.2) is 0 Å². The summed E-state index contributed by atoms with van der Waals surface area (Å²) in [6, 6.07) is 3.95. The van der Waals surface area contributed by atoms with Gasteiger partial charge in [0.2, 0.25) is 0 Å². The van der Waals surface area contributed by atoms with Crippen molar-refractivity contribution in [1.82, 2.24) is 9.61 Å². The van der Waals surface area contributed by atoms with Crippen molar-refractivity contribution in [2.45, 2.75) is 39.5 Å². The molecule has 1 aliphatic rings. The number of hydrogen-bond donors (Lipinski definition) is 0. The zero-order chi connectivity index (χ0) is 13.8. The minimum atomic E-state index is -0.259. The lowest BCUT2D eigenvalue weighted by Crippen LogP contribution is -2.10. The molecule has 0 bridgehead atoms. The van der Waals surface area contributed by atoms with Crippen molar-refractivity contribution in [2.24, 2.45) is 0 Å². The largest absolute Gasteiger partial charge is 0.462 e. The summed E-state index contributed by atoms with van der Waals surface area (Å²) in [5.74, 6) is 0.236. The molecule has 0 aromatic carbocycles. The van der Waals surface area contributed by atoms with E-state index in [2.05, 4.69) is 5.10 Å². The Morgan fingerprint density at radius 3 is 2.84 bits per heavy atom. The van der Waals surface area contributed by atoms with E-state index < -0.39 is 0 Å². The molecule has 19 heavy (non-hydrogen) atoms. The standard InChI is InChI=1S/C13H14N2O2.C2H6/c1-2-17-13(16)10-8-14-15-7-3-4-11(15)12(10)9-5-6-9;1-2/h3-4,7-9H,2,5-6H2,1H3;1-2H3. The molecule has 1 aliphatic carbocycles. The van der Waals surface area contributed by atoms with Gasteiger partial charge in [-0.25, -0.2) is 9.31 Å². The third kappa shape index (κ3) is 2.62. The van der Waals surface area contributed by atoms with Crippen molar-refractivity contribution in [3.05, 3.63) is 35.7 Å². The Morgan fingerprint density at radius 1 is 1.47 bits per heavy atom. The third-order valence-corrected chi connectivity index (χ3v) is 3.09. The summed E-state index contributed by atoms with van der Waals surface area (Å²) >= 11 is 0. The topological polar surface area (TPSA) is 43.6 Å². The van der Waals surface area contributed by atoms with E-state index in [1.54, 1.807) is 6.20 Å². The van der Waals surface area contributed by atoms with Crippen LogP contribution in [0.5, 0.6) is 0 Å². The normalized spacial score (nSPS) is 13.8. The first-order valence-electron chi connectivity index (χ1n) is 6.94. The van der Waals surface area contributed by atoms with Gasteiger partial charge in [0.05, 0.1) is 23.9 Å². The second kappa shape index (κ2) is 5.87. The lowest BCUT2D eigenvalue weighted by molar-refractivity contribution is 0.0524. The molecule has 2 aromatic heterocycles. The van der Waals surface area contributed by atoms with Gasteiger partial charge in [0, 0.05) is 6.20 Å². The first-order valence-corrected chi connectivity index (χ1v) is 6.94. The lowest BCUT2D eigenvalue weighted by atomic mass is 10.1. The van der Waals surface area contributed by atoms with Gasteiger partial charge in [-0.3, -0.25) is 0 Å². The number of carbonyl (C=O) groups is 1. The highest BCUT2D eigenvalue weighted by molar-refractivity contribution is 5.93. The minimum absolute atomic E-state index is 0.259. The lowest BCUT2D eigenvalue weighted by Gasteiger charge is -2.09. The van der Waals surface area contributed by atoms with Gasteiger partial charge < -0.3 is 4.74 Å². The summed E-state index contributed by atoms with van der Waals surface area (Å²) in [5.41, 5.74) is 2.75. The average Bonchev–Trinajstić information content (AvgIpc) is 3.17. The Kier molecular flexibility index (Phi) is 4.20. The molecular weight excluding hydrogens is 240 g/mol. The Balaban J connectivity index is 0.000000637. The highest BCUT2D eigenvalue weighted by atomic mass is 16.5. The maximum atomic E-state index is 11.9.